The van der Waals surface area contributed by atoms with Crippen molar-refractivity contribution < 1.29 is 33.3 Å². The average molecular weight is 479 g/mol. The molecule has 3 aromatic carbocycles. The molecule has 3 rings (SSSR count). The van der Waals surface area contributed by atoms with E-state index in [0.717, 1.165) is 0 Å². The van der Waals surface area contributed by atoms with Gasteiger partial charge in [-0.2, -0.15) is 0 Å². The van der Waals surface area contributed by atoms with Crippen LogP contribution in [0.1, 0.15) is 33.2 Å². The number of carbonyl (C=O) groups is 3. The van der Waals surface area contributed by atoms with E-state index in [0.29, 0.717) is 39.6 Å². The summed E-state index contributed by atoms with van der Waals surface area (Å²) >= 11 is 0. The molecule has 182 valence electrons. The molecule has 0 saturated carbocycles. The molecule has 0 bridgehead atoms. The van der Waals surface area contributed by atoms with Gasteiger partial charge in [-0.3, -0.25) is 14.4 Å². The highest BCUT2D eigenvalue weighted by Gasteiger charge is 2.18. The van der Waals surface area contributed by atoms with Crippen molar-refractivity contribution in [3.63, 3.8) is 0 Å². The minimum Gasteiger partial charge on any atom is -0.493 e. The number of benzene rings is 3. The van der Waals surface area contributed by atoms with Gasteiger partial charge in [-0.25, -0.2) is 0 Å². The fourth-order valence-corrected chi connectivity index (χ4v) is 3.35. The van der Waals surface area contributed by atoms with Crippen LogP contribution in [0.3, 0.4) is 0 Å². The molecule has 0 aliphatic heterocycles. The smallest absolute Gasteiger partial charge is 0.308 e. The van der Waals surface area contributed by atoms with E-state index in [1.54, 1.807) is 54.6 Å². The molecule has 0 heterocycles. The molecular formula is C26H26N2O7. The average Bonchev–Trinajstić information content (AvgIpc) is 2.86. The summed E-state index contributed by atoms with van der Waals surface area (Å²) < 4.78 is 21.0. The second-order valence-electron chi connectivity index (χ2n) is 7.33. The maximum absolute atomic E-state index is 13.0. The van der Waals surface area contributed by atoms with Crippen molar-refractivity contribution in [2.24, 2.45) is 0 Å². The number of hydrogen-bond acceptors (Lipinski definition) is 7. The molecule has 9 heteroatoms. The summed E-state index contributed by atoms with van der Waals surface area (Å²) in [6.45, 7) is 1.44. The van der Waals surface area contributed by atoms with Gasteiger partial charge in [0.25, 0.3) is 11.8 Å². The largest absolute Gasteiger partial charge is 0.493 e. The minimum absolute atomic E-state index is 0.155. The van der Waals surface area contributed by atoms with Crippen molar-refractivity contribution in [3.05, 3.63) is 77.4 Å². The summed E-state index contributed by atoms with van der Waals surface area (Å²) in [5, 5.41) is 5.68. The van der Waals surface area contributed by atoms with E-state index in [9.17, 15) is 14.4 Å². The van der Waals surface area contributed by atoms with Crippen LogP contribution < -0.4 is 29.6 Å². The van der Waals surface area contributed by atoms with Crippen LogP contribution in [-0.2, 0) is 11.3 Å². The van der Waals surface area contributed by atoms with Crippen molar-refractivity contribution in [2.45, 2.75) is 13.5 Å². The van der Waals surface area contributed by atoms with E-state index in [2.05, 4.69) is 10.6 Å². The van der Waals surface area contributed by atoms with Gasteiger partial charge in [0.05, 0.1) is 21.3 Å². The van der Waals surface area contributed by atoms with E-state index in [1.165, 1.54) is 34.3 Å². The number of methoxy groups -OCH3 is 3. The number of carbonyl (C=O) groups excluding carboxylic acids is 3. The van der Waals surface area contributed by atoms with Gasteiger partial charge < -0.3 is 29.6 Å². The third-order valence-corrected chi connectivity index (χ3v) is 4.99. The van der Waals surface area contributed by atoms with Crippen LogP contribution in [0.4, 0.5) is 5.69 Å². The van der Waals surface area contributed by atoms with Gasteiger partial charge in [0.1, 0.15) is 5.75 Å². The maximum Gasteiger partial charge on any atom is 0.308 e. The first-order valence-electron chi connectivity index (χ1n) is 10.6. The predicted octanol–water partition coefficient (Wildman–Crippen LogP) is 3.82. The Labute approximate surface area is 203 Å². The van der Waals surface area contributed by atoms with Gasteiger partial charge >= 0.3 is 5.97 Å². The quantitative estimate of drug-likeness (QED) is 0.355. The summed E-state index contributed by atoms with van der Waals surface area (Å²) in [6, 6.07) is 16.5. The van der Waals surface area contributed by atoms with E-state index in [-0.39, 0.29) is 18.2 Å². The van der Waals surface area contributed by atoms with E-state index in [4.69, 9.17) is 18.9 Å². The predicted molar refractivity (Wildman–Crippen MR) is 129 cm³/mol. The monoisotopic (exact) mass is 478 g/mol. The molecular weight excluding hydrogens is 452 g/mol. The number of anilines is 1. The van der Waals surface area contributed by atoms with E-state index < -0.39 is 11.9 Å². The lowest BCUT2D eigenvalue weighted by Crippen LogP contribution is -2.24. The highest BCUT2D eigenvalue weighted by Crippen LogP contribution is 2.38. The number of ether oxygens (including phenoxy) is 4. The first kappa shape index (κ1) is 25.1. The lowest BCUT2D eigenvalue weighted by Gasteiger charge is -2.15. The second-order valence-corrected chi connectivity index (χ2v) is 7.33. The Hall–Kier alpha value is -4.53. The van der Waals surface area contributed by atoms with Crippen LogP contribution in [0.2, 0.25) is 0 Å². The first-order valence-corrected chi connectivity index (χ1v) is 10.6. The van der Waals surface area contributed by atoms with Crippen LogP contribution in [0.15, 0.2) is 60.7 Å². The molecule has 0 aliphatic rings. The third kappa shape index (κ3) is 6.29. The van der Waals surface area contributed by atoms with E-state index >= 15 is 0 Å². The minimum atomic E-state index is -0.473. The number of esters is 1. The van der Waals surface area contributed by atoms with Gasteiger partial charge in [-0.15, -0.1) is 0 Å². The van der Waals surface area contributed by atoms with Crippen molar-refractivity contribution >= 4 is 23.5 Å². The Morgan fingerprint density at radius 3 is 2.09 bits per heavy atom. The van der Waals surface area contributed by atoms with E-state index in [1.807, 2.05) is 0 Å². The maximum atomic E-state index is 13.0. The highest BCUT2D eigenvalue weighted by molar-refractivity contribution is 6.05. The molecule has 0 radical (unpaired) electrons. The Morgan fingerprint density at radius 1 is 0.771 bits per heavy atom. The van der Waals surface area contributed by atoms with Gasteiger partial charge in [0.2, 0.25) is 5.75 Å². The van der Waals surface area contributed by atoms with Crippen molar-refractivity contribution in [1.29, 1.82) is 0 Å². The Bertz CT molecular complexity index is 1210. The number of hydrogen-bond donors (Lipinski definition) is 2. The van der Waals surface area contributed by atoms with Crippen LogP contribution in [0.5, 0.6) is 23.0 Å². The van der Waals surface area contributed by atoms with Crippen LogP contribution in [0.25, 0.3) is 0 Å². The Morgan fingerprint density at radius 2 is 1.46 bits per heavy atom. The van der Waals surface area contributed by atoms with Crippen molar-refractivity contribution in [1.82, 2.24) is 5.32 Å². The fraction of sp³-hybridized carbons (Fsp3) is 0.192. The molecule has 0 saturated heterocycles. The first-order chi connectivity index (χ1) is 16.9. The Kier molecular flexibility index (Phi) is 8.29. The zero-order valence-electron chi connectivity index (χ0n) is 19.8. The lowest BCUT2D eigenvalue weighted by atomic mass is 10.1. The molecule has 0 spiro atoms. The standard InChI is InChI=1S/C26H26N2O7/c1-16(29)35-20-10-7-9-17(12-20)25(30)27-15-18-8-5-6-11-21(18)28-26(31)19-13-22(32-2)24(34-4)23(14-19)33-3/h5-14H,15H2,1-4H3,(H,27,30)(H,28,31). The lowest BCUT2D eigenvalue weighted by molar-refractivity contribution is -0.131. The van der Waals surface area contributed by atoms with Gasteiger partial charge in [-0.1, -0.05) is 24.3 Å². The molecule has 0 fully saturated rings. The molecule has 0 unspecified atom stereocenters. The number of rotatable bonds is 9. The topological polar surface area (TPSA) is 112 Å². The molecule has 3 aromatic rings. The van der Waals surface area contributed by atoms with Crippen molar-refractivity contribution in [2.75, 3.05) is 26.6 Å². The number of nitrogens with one attached hydrogen (secondary N) is 2. The summed E-state index contributed by atoms with van der Waals surface area (Å²) in [5.41, 5.74) is 1.86. The molecule has 0 atom stereocenters. The Balaban J connectivity index is 1.75. The summed E-state index contributed by atoms with van der Waals surface area (Å²) in [4.78, 5) is 36.8. The SMILES string of the molecule is COc1cc(C(=O)Nc2ccccc2CNC(=O)c2cccc(OC(C)=O)c2)cc(OC)c1OC. The molecule has 2 amide bonds. The molecule has 2 N–H and O–H groups in total. The molecule has 35 heavy (non-hydrogen) atoms. The van der Waals surface area contributed by atoms with Crippen LogP contribution >= 0.6 is 0 Å². The number of para-hydroxylation sites is 1. The van der Waals surface area contributed by atoms with Gasteiger partial charge in [0, 0.05) is 30.3 Å². The normalized spacial score (nSPS) is 10.2. The van der Waals surface area contributed by atoms with Crippen LogP contribution in [-0.4, -0.2) is 39.1 Å². The number of amides is 2. The van der Waals surface area contributed by atoms with Crippen LogP contribution in [0, 0.1) is 0 Å². The van der Waals surface area contributed by atoms with Gasteiger partial charge in [-0.05, 0) is 42.0 Å². The zero-order valence-corrected chi connectivity index (χ0v) is 19.8. The second kappa shape index (κ2) is 11.6. The van der Waals surface area contributed by atoms with Crippen molar-refractivity contribution in [3.8, 4) is 23.0 Å². The molecule has 0 aliphatic carbocycles. The van der Waals surface area contributed by atoms with Gasteiger partial charge in [0.15, 0.2) is 11.5 Å². The summed E-state index contributed by atoms with van der Waals surface area (Å²) in [6.07, 6.45) is 0. The molecule has 0 aromatic heterocycles. The summed E-state index contributed by atoms with van der Waals surface area (Å²) in [5.74, 6) is 0.152. The zero-order chi connectivity index (χ0) is 25.4. The molecule has 9 nitrogen and oxygen atoms in total. The third-order valence-electron chi connectivity index (χ3n) is 4.99. The summed E-state index contributed by atoms with van der Waals surface area (Å²) in [7, 11) is 4.43. The fourth-order valence-electron chi connectivity index (χ4n) is 3.35. The highest BCUT2D eigenvalue weighted by atomic mass is 16.5.